The molecule has 204 valence electrons. The van der Waals surface area contributed by atoms with Gasteiger partial charge >= 0.3 is 5.97 Å². The Bertz CT molecular complexity index is 1360. The number of rotatable bonds is 10. The molecule has 1 aliphatic rings. The standard InChI is InChI=1S/C32H36N2O5/c1-6-7-16-39-26-13-10-22(11-14-26)30(35)33-25-12-15-27(21(4)17-25)23-8-9-24-19-34(31(36)28(24)18-23)29(20(2)3)32(37)38-5/h8-15,17-18,20,29H,6-7,16,19H2,1-5H3,(H,33,35). The van der Waals surface area contributed by atoms with Crippen LogP contribution >= 0.6 is 0 Å². The number of carbonyl (C=O) groups is 3. The van der Waals surface area contributed by atoms with Crippen molar-refractivity contribution in [3.63, 3.8) is 0 Å². The highest BCUT2D eigenvalue weighted by molar-refractivity contribution is 6.04. The van der Waals surface area contributed by atoms with Crippen LogP contribution < -0.4 is 10.1 Å². The van der Waals surface area contributed by atoms with Gasteiger partial charge in [-0.05, 0) is 84.0 Å². The van der Waals surface area contributed by atoms with Crippen molar-refractivity contribution < 1.29 is 23.9 Å². The van der Waals surface area contributed by atoms with E-state index in [0.29, 0.717) is 30.0 Å². The first-order chi connectivity index (χ1) is 18.7. The van der Waals surface area contributed by atoms with Crippen LogP contribution in [0.2, 0.25) is 0 Å². The maximum Gasteiger partial charge on any atom is 0.328 e. The Labute approximate surface area is 230 Å². The van der Waals surface area contributed by atoms with Crippen LogP contribution in [0.4, 0.5) is 5.69 Å². The third-order valence-electron chi connectivity index (χ3n) is 7.03. The van der Waals surface area contributed by atoms with E-state index in [2.05, 4.69) is 12.2 Å². The number of nitrogens with zero attached hydrogens (tertiary/aromatic N) is 1. The number of hydrogen-bond acceptors (Lipinski definition) is 5. The molecule has 0 aliphatic carbocycles. The normalized spacial score (nSPS) is 13.3. The number of benzene rings is 3. The van der Waals surface area contributed by atoms with Gasteiger partial charge in [0.2, 0.25) is 0 Å². The van der Waals surface area contributed by atoms with Crippen LogP contribution in [-0.4, -0.2) is 42.4 Å². The van der Waals surface area contributed by atoms with Gasteiger partial charge in [0.15, 0.2) is 0 Å². The van der Waals surface area contributed by atoms with Gasteiger partial charge in [0.25, 0.3) is 11.8 Å². The molecule has 39 heavy (non-hydrogen) atoms. The van der Waals surface area contributed by atoms with Crippen molar-refractivity contribution >= 4 is 23.5 Å². The average Bonchev–Trinajstić information content (AvgIpc) is 3.24. The summed E-state index contributed by atoms with van der Waals surface area (Å²) in [5.74, 6) is -0.0930. The Morgan fingerprint density at radius 3 is 2.38 bits per heavy atom. The van der Waals surface area contributed by atoms with E-state index in [1.54, 1.807) is 17.0 Å². The second-order valence-electron chi connectivity index (χ2n) is 10.2. The Kier molecular flexibility index (Phi) is 8.69. The quantitative estimate of drug-likeness (QED) is 0.248. The van der Waals surface area contributed by atoms with E-state index in [-0.39, 0.29) is 17.7 Å². The maximum absolute atomic E-state index is 13.3. The zero-order valence-electron chi connectivity index (χ0n) is 23.2. The van der Waals surface area contributed by atoms with Gasteiger partial charge in [0.05, 0.1) is 13.7 Å². The molecule has 3 aromatic rings. The largest absolute Gasteiger partial charge is 0.494 e. The second-order valence-corrected chi connectivity index (χ2v) is 10.2. The number of hydrogen-bond donors (Lipinski definition) is 1. The summed E-state index contributed by atoms with van der Waals surface area (Å²) in [6.45, 7) is 8.94. The summed E-state index contributed by atoms with van der Waals surface area (Å²) in [7, 11) is 1.35. The predicted molar refractivity (Wildman–Crippen MR) is 152 cm³/mol. The van der Waals surface area contributed by atoms with Crippen molar-refractivity contribution in [2.75, 3.05) is 19.0 Å². The van der Waals surface area contributed by atoms with Crippen molar-refractivity contribution in [3.8, 4) is 16.9 Å². The first-order valence-corrected chi connectivity index (χ1v) is 13.4. The lowest BCUT2D eigenvalue weighted by Crippen LogP contribution is -2.45. The van der Waals surface area contributed by atoms with E-state index >= 15 is 0 Å². The third kappa shape index (κ3) is 6.14. The molecule has 2 amide bonds. The minimum absolute atomic E-state index is 0.0720. The highest BCUT2D eigenvalue weighted by Gasteiger charge is 2.38. The first-order valence-electron chi connectivity index (χ1n) is 13.4. The number of carbonyl (C=O) groups excluding carboxylic acids is 3. The molecule has 0 spiro atoms. The Morgan fingerprint density at radius 1 is 1.00 bits per heavy atom. The Hall–Kier alpha value is -4.13. The van der Waals surface area contributed by atoms with E-state index in [1.807, 2.05) is 69.3 Å². The van der Waals surface area contributed by atoms with E-state index in [4.69, 9.17) is 9.47 Å². The fourth-order valence-electron chi connectivity index (χ4n) is 4.90. The zero-order chi connectivity index (χ0) is 28.1. The molecule has 7 heteroatoms. The number of nitrogens with one attached hydrogen (secondary N) is 1. The lowest BCUT2D eigenvalue weighted by Gasteiger charge is -2.28. The van der Waals surface area contributed by atoms with E-state index in [0.717, 1.165) is 40.8 Å². The van der Waals surface area contributed by atoms with E-state index in [9.17, 15) is 14.4 Å². The molecule has 1 N–H and O–H groups in total. The van der Waals surface area contributed by atoms with Gasteiger partial charge in [-0.1, -0.05) is 45.4 Å². The average molecular weight is 529 g/mol. The molecular weight excluding hydrogens is 492 g/mol. The number of amides is 2. The third-order valence-corrected chi connectivity index (χ3v) is 7.03. The van der Waals surface area contributed by atoms with Crippen LogP contribution in [0.5, 0.6) is 5.75 Å². The van der Waals surface area contributed by atoms with Crippen LogP contribution in [0.25, 0.3) is 11.1 Å². The fraction of sp³-hybridized carbons (Fsp3) is 0.344. The first kappa shape index (κ1) is 27.9. The Balaban J connectivity index is 1.48. The van der Waals surface area contributed by atoms with Crippen molar-refractivity contribution in [2.45, 2.75) is 53.1 Å². The van der Waals surface area contributed by atoms with Crippen molar-refractivity contribution in [2.24, 2.45) is 5.92 Å². The molecule has 1 atom stereocenters. The van der Waals surface area contributed by atoms with E-state index < -0.39 is 12.0 Å². The number of ether oxygens (including phenoxy) is 2. The number of aryl methyl sites for hydroxylation is 1. The molecular formula is C32H36N2O5. The van der Waals surface area contributed by atoms with Gasteiger partial charge < -0.3 is 19.7 Å². The maximum atomic E-state index is 13.3. The van der Waals surface area contributed by atoms with Gasteiger partial charge in [0.1, 0.15) is 11.8 Å². The summed E-state index contributed by atoms with van der Waals surface area (Å²) < 4.78 is 10.6. The van der Waals surface area contributed by atoms with Gasteiger partial charge in [-0.2, -0.15) is 0 Å². The molecule has 0 saturated heterocycles. The molecule has 4 rings (SSSR count). The van der Waals surface area contributed by atoms with Gasteiger partial charge in [-0.15, -0.1) is 0 Å². The summed E-state index contributed by atoms with van der Waals surface area (Å²) in [4.78, 5) is 40.1. The molecule has 0 radical (unpaired) electrons. The molecule has 0 saturated carbocycles. The lowest BCUT2D eigenvalue weighted by atomic mass is 9.96. The SMILES string of the molecule is CCCCOc1ccc(C(=O)Nc2ccc(-c3ccc4c(c3)C(=O)N(C(C(=O)OC)C(C)C)C4)c(C)c2)cc1. The molecule has 1 aliphatic heterocycles. The Morgan fingerprint density at radius 2 is 1.74 bits per heavy atom. The summed E-state index contributed by atoms with van der Waals surface area (Å²) in [5.41, 5.74) is 5.55. The van der Waals surface area contributed by atoms with Crippen molar-refractivity contribution in [1.82, 2.24) is 4.90 Å². The van der Waals surface area contributed by atoms with Crippen LogP contribution in [0.1, 0.15) is 65.5 Å². The number of unbranched alkanes of at least 4 members (excludes halogenated alkanes) is 1. The highest BCUT2D eigenvalue weighted by atomic mass is 16.5. The van der Waals surface area contributed by atoms with Crippen LogP contribution in [0.3, 0.4) is 0 Å². The van der Waals surface area contributed by atoms with Gasteiger partial charge in [-0.3, -0.25) is 9.59 Å². The molecule has 1 unspecified atom stereocenters. The molecule has 7 nitrogen and oxygen atoms in total. The van der Waals surface area contributed by atoms with Gasteiger partial charge in [-0.25, -0.2) is 4.79 Å². The zero-order valence-corrected chi connectivity index (χ0v) is 23.2. The molecule has 3 aromatic carbocycles. The van der Waals surface area contributed by atoms with Crippen LogP contribution in [0, 0.1) is 12.8 Å². The summed E-state index contributed by atoms with van der Waals surface area (Å²) in [6, 6.07) is 18.0. The summed E-state index contributed by atoms with van der Waals surface area (Å²) in [6.07, 6.45) is 2.06. The van der Waals surface area contributed by atoms with Crippen molar-refractivity contribution in [1.29, 1.82) is 0 Å². The minimum Gasteiger partial charge on any atom is -0.494 e. The number of anilines is 1. The lowest BCUT2D eigenvalue weighted by molar-refractivity contribution is -0.147. The number of methoxy groups -OCH3 is 1. The molecule has 0 bridgehead atoms. The van der Waals surface area contributed by atoms with Crippen molar-refractivity contribution in [3.05, 3.63) is 82.9 Å². The second kappa shape index (κ2) is 12.2. The highest BCUT2D eigenvalue weighted by Crippen LogP contribution is 2.33. The topological polar surface area (TPSA) is 84.9 Å². The smallest absolute Gasteiger partial charge is 0.328 e. The summed E-state index contributed by atoms with van der Waals surface area (Å²) in [5, 5.41) is 2.96. The number of fused-ring (bicyclic) bond motifs is 1. The predicted octanol–water partition coefficient (Wildman–Crippen LogP) is 6.25. The fourth-order valence-corrected chi connectivity index (χ4v) is 4.90. The number of esters is 1. The van der Waals surface area contributed by atoms with Crippen LogP contribution in [-0.2, 0) is 16.1 Å². The van der Waals surface area contributed by atoms with Crippen LogP contribution in [0.15, 0.2) is 60.7 Å². The molecule has 1 heterocycles. The minimum atomic E-state index is -0.632. The van der Waals surface area contributed by atoms with Gasteiger partial charge in [0, 0.05) is 23.4 Å². The molecule has 0 aromatic heterocycles. The molecule has 0 fully saturated rings. The van der Waals surface area contributed by atoms with E-state index in [1.165, 1.54) is 7.11 Å². The summed E-state index contributed by atoms with van der Waals surface area (Å²) >= 11 is 0. The monoisotopic (exact) mass is 528 g/mol.